The van der Waals surface area contributed by atoms with Crippen molar-refractivity contribution in [2.24, 2.45) is 11.8 Å². The van der Waals surface area contributed by atoms with Crippen LogP contribution in [0, 0.1) is 11.8 Å². The molecule has 1 saturated carbocycles. The molecule has 3 unspecified atom stereocenters. The van der Waals surface area contributed by atoms with Crippen LogP contribution in [0.1, 0.15) is 40.0 Å². The summed E-state index contributed by atoms with van der Waals surface area (Å²) in [5.74, 6) is 1.90. The molecule has 2 rings (SSSR count). The number of nitrogens with zero attached hydrogens (tertiary/aromatic N) is 3. The van der Waals surface area contributed by atoms with Gasteiger partial charge < -0.3 is 14.8 Å². The van der Waals surface area contributed by atoms with Crippen LogP contribution in [0.2, 0.25) is 0 Å². The molecule has 0 bridgehead atoms. The number of ether oxygens (including phenoxy) is 2. The SMILES string of the molecule is CCOc1nc(NC)nc(OC2CCC(C)C(C)C2)n1. The van der Waals surface area contributed by atoms with E-state index in [9.17, 15) is 0 Å². The zero-order chi connectivity index (χ0) is 14.5. The molecule has 6 nitrogen and oxygen atoms in total. The van der Waals surface area contributed by atoms with Crippen molar-refractivity contribution >= 4 is 5.95 Å². The Morgan fingerprint density at radius 3 is 2.50 bits per heavy atom. The molecule has 0 radical (unpaired) electrons. The van der Waals surface area contributed by atoms with E-state index in [4.69, 9.17) is 9.47 Å². The Morgan fingerprint density at radius 1 is 1.10 bits per heavy atom. The molecule has 1 heterocycles. The first kappa shape index (κ1) is 14.8. The molecule has 3 atom stereocenters. The maximum atomic E-state index is 5.92. The summed E-state index contributed by atoms with van der Waals surface area (Å²) in [6, 6.07) is 0.652. The van der Waals surface area contributed by atoms with Crippen molar-refractivity contribution in [1.82, 2.24) is 15.0 Å². The predicted molar refractivity (Wildman–Crippen MR) is 77.1 cm³/mol. The summed E-state index contributed by atoms with van der Waals surface area (Å²) < 4.78 is 11.3. The van der Waals surface area contributed by atoms with Crippen molar-refractivity contribution in [3.05, 3.63) is 0 Å². The average Bonchev–Trinajstić information content (AvgIpc) is 2.43. The van der Waals surface area contributed by atoms with Crippen molar-refractivity contribution in [3.8, 4) is 12.0 Å². The van der Waals surface area contributed by atoms with E-state index < -0.39 is 0 Å². The van der Waals surface area contributed by atoms with Gasteiger partial charge in [-0.15, -0.1) is 4.98 Å². The Kier molecular flexibility index (Phi) is 4.98. The Balaban J connectivity index is 2.06. The van der Waals surface area contributed by atoms with Crippen LogP contribution in [0.15, 0.2) is 0 Å². The fraction of sp³-hybridized carbons (Fsp3) is 0.786. The molecule has 6 heteroatoms. The molecule has 0 spiro atoms. The van der Waals surface area contributed by atoms with Crippen LogP contribution in [0.5, 0.6) is 12.0 Å². The fourth-order valence-electron chi connectivity index (χ4n) is 2.45. The van der Waals surface area contributed by atoms with Gasteiger partial charge in [0.1, 0.15) is 6.10 Å². The molecule has 0 aliphatic heterocycles. The number of rotatable bonds is 5. The van der Waals surface area contributed by atoms with Crippen LogP contribution in [-0.4, -0.2) is 34.7 Å². The first-order valence-electron chi connectivity index (χ1n) is 7.35. The van der Waals surface area contributed by atoms with Gasteiger partial charge in [0.25, 0.3) is 0 Å². The van der Waals surface area contributed by atoms with Gasteiger partial charge in [0.15, 0.2) is 0 Å². The standard InChI is InChI=1S/C14H24N4O2/c1-5-19-13-16-12(15-4)17-14(18-13)20-11-7-6-9(2)10(3)8-11/h9-11H,5-8H2,1-4H3,(H,15,16,17,18). The molecule has 1 aromatic rings. The summed E-state index contributed by atoms with van der Waals surface area (Å²) in [6.45, 7) is 6.99. The van der Waals surface area contributed by atoms with Gasteiger partial charge in [-0.1, -0.05) is 13.8 Å². The summed E-state index contributed by atoms with van der Waals surface area (Å²) in [5.41, 5.74) is 0. The second-order valence-corrected chi connectivity index (χ2v) is 5.41. The van der Waals surface area contributed by atoms with Crippen molar-refractivity contribution in [2.45, 2.75) is 46.1 Å². The van der Waals surface area contributed by atoms with E-state index in [-0.39, 0.29) is 6.10 Å². The van der Waals surface area contributed by atoms with Crippen LogP contribution in [0.3, 0.4) is 0 Å². The minimum atomic E-state index is 0.183. The van der Waals surface area contributed by atoms with Crippen LogP contribution in [-0.2, 0) is 0 Å². The number of nitrogens with one attached hydrogen (secondary N) is 1. The number of hydrogen-bond acceptors (Lipinski definition) is 6. The summed E-state index contributed by atoms with van der Waals surface area (Å²) >= 11 is 0. The molecule has 1 aromatic heterocycles. The van der Waals surface area contributed by atoms with Crippen LogP contribution < -0.4 is 14.8 Å². The number of hydrogen-bond donors (Lipinski definition) is 1. The topological polar surface area (TPSA) is 69.2 Å². The molecular formula is C14H24N4O2. The third kappa shape index (κ3) is 3.71. The zero-order valence-corrected chi connectivity index (χ0v) is 12.7. The minimum absolute atomic E-state index is 0.183. The van der Waals surface area contributed by atoms with E-state index in [1.54, 1.807) is 7.05 Å². The maximum absolute atomic E-state index is 5.92. The minimum Gasteiger partial charge on any atom is -0.464 e. The highest BCUT2D eigenvalue weighted by molar-refractivity contribution is 5.26. The van der Waals surface area contributed by atoms with E-state index in [2.05, 4.69) is 34.1 Å². The van der Waals surface area contributed by atoms with E-state index in [0.717, 1.165) is 18.8 Å². The van der Waals surface area contributed by atoms with Gasteiger partial charge >= 0.3 is 12.0 Å². The van der Waals surface area contributed by atoms with E-state index in [1.165, 1.54) is 6.42 Å². The fourth-order valence-corrected chi connectivity index (χ4v) is 2.45. The highest BCUT2D eigenvalue weighted by atomic mass is 16.5. The molecule has 0 aromatic carbocycles. The summed E-state index contributed by atoms with van der Waals surface area (Å²) in [6.07, 6.45) is 3.47. The molecule has 1 aliphatic carbocycles. The largest absolute Gasteiger partial charge is 0.464 e. The van der Waals surface area contributed by atoms with Crippen molar-refractivity contribution in [1.29, 1.82) is 0 Å². The lowest BCUT2D eigenvalue weighted by Gasteiger charge is -2.31. The van der Waals surface area contributed by atoms with E-state index >= 15 is 0 Å². The number of aromatic nitrogens is 3. The van der Waals surface area contributed by atoms with Gasteiger partial charge in [-0.2, -0.15) is 9.97 Å². The van der Waals surface area contributed by atoms with Crippen molar-refractivity contribution < 1.29 is 9.47 Å². The molecule has 1 N–H and O–H groups in total. The number of anilines is 1. The van der Waals surface area contributed by atoms with Crippen LogP contribution in [0.4, 0.5) is 5.95 Å². The summed E-state index contributed by atoms with van der Waals surface area (Å²) in [7, 11) is 1.76. The monoisotopic (exact) mass is 280 g/mol. The molecule has 0 saturated heterocycles. The predicted octanol–water partition coefficient (Wildman–Crippen LogP) is 2.52. The molecule has 112 valence electrons. The van der Waals surface area contributed by atoms with Crippen LogP contribution >= 0.6 is 0 Å². The first-order chi connectivity index (χ1) is 9.62. The smallest absolute Gasteiger partial charge is 0.324 e. The van der Waals surface area contributed by atoms with Crippen molar-refractivity contribution in [2.75, 3.05) is 19.0 Å². The highest BCUT2D eigenvalue weighted by Gasteiger charge is 2.26. The Hall–Kier alpha value is -1.59. The summed E-state index contributed by atoms with van der Waals surface area (Å²) in [5, 5.41) is 2.90. The van der Waals surface area contributed by atoms with Gasteiger partial charge in [0.05, 0.1) is 6.61 Å². The van der Waals surface area contributed by atoms with Gasteiger partial charge in [0, 0.05) is 7.05 Å². The molecule has 1 aliphatic rings. The average molecular weight is 280 g/mol. The van der Waals surface area contributed by atoms with Gasteiger partial charge in [0.2, 0.25) is 5.95 Å². The zero-order valence-electron chi connectivity index (χ0n) is 12.7. The molecule has 0 amide bonds. The Labute approximate surface area is 120 Å². The molecular weight excluding hydrogens is 256 g/mol. The maximum Gasteiger partial charge on any atom is 0.324 e. The lowest BCUT2D eigenvalue weighted by atomic mass is 9.80. The normalized spacial score (nSPS) is 26.1. The summed E-state index contributed by atoms with van der Waals surface area (Å²) in [4.78, 5) is 12.6. The first-order valence-corrected chi connectivity index (χ1v) is 7.35. The second-order valence-electron chi connectivity index (χ2n) is 5.41. The van der Waals surface area contributed by atoms with Gasteiger partial charge in [-0.25, -0.2) is 0 Å². The third-order valence-corrected chi connectivity index (χ3v) is 3.91. The lowest BCUT2D eigenvalue weighted by molar-refractivity contribution is 0.0907. The van der Waals surface area contributed by atoms with Gasteiger partial charge in [-0.3, -0.25) is 0 Å². The Morgan fingerprint density at radius 2 is 1.85 bits per heavy atom. The van der Waals surface area contributed by atoms with E-state index in [0.29, 0.717) is 30.5 Å². The van der Waals surface area contributed by atoms with Crippen LogP contribution in [0.25, 0.3) is 0 Å². The highest BCUT2D eigenvalue weighted by Crippen LogP contribution is 2.31. The second kappa shape index (κ2) is 6.72. The third-order valence-electron chi connectivity index (χ3n) is 3.91. The van der Waals surface area contributed by atoms with Gasteiger partial charge in [-0.05, 0) is 38.0 Å². The quantitative estimate of drug-likeness (QED) is 0.893. The molecule has 20 heavy (non-hydrogen) atoms. The Bertz CT molecular complexity index is 441. The van der Waals surface area contributed by atoms with E-state index in [1.807, 2.05) is 6.92 Å². The lowest BCUT2D eigenvalue weighted by Crippen LogP contribution is -2.29. The molecule has 1 fully saturated rings. The van der Waals surface area contributed by atoms with Crippen molar-refractivity contribution in [3.63, 3.8) is 0 Å².